The molecule has 3 aliphatic rings. The van der Waals surface area contributed by atoms with Crippen LogP contribution in [-0.2, 0) is 14.4 Å². The van der Waals surface area contributed by atoms with Gasteiger partial charge >= 0.3 is 0 Å². The largest absolute Gasteiger partial charge is 0.385 e. The van der Waals surface area contributed by atoms with Gasteiger partial charge in [0.15, 0.2) is 11.4 Å². The molecule has 1 saturated heterocycles. The first-order chi connectivity index (χ1) is 9.53. The average molecular weight is 280 g/mol. The third-order valence-electron chi connectivity index (χ3n) is 4.03. The summed E-state index contributed by atoms with van der Waals surface area (Å²) in [6.07, 6.45) is 1.58. The molecule has 0 aromatic rings. The molecule has 7 nitrogen and oxygen atoms in total. The number of carbonyl (C=O) groups is 2. The van der Waals surface area contributed by atoms with E-state index in [-0.39, 0.29) is 18.0 Å². The fourth-order valence-corrected chi connectivity index (χ4v) is 2.77. The number of nitrogens with zero attached hydrogens (tertiary/aromatic N) is 2. The molecule has 1 amide bonds. The minimum absolute atomic E-state index is 0.0599. The van der Waals surface area contributed by atoms with E-state index in [0.717, 1.165) is 18.9 Å². The molecule has 2 heterocycles. The molecule has 3 unspecified atom stereocenters. The Bertz CT molecular complexity index is 509. The Balaban J connectivity index is 1.76. The van der Waals surface area contributed by atoms with Crippen molar-refractivity contribution in [2.24, 2.45) is 5.16 Å². The summed E-state index contributed by atoms with van der Waals surface area (Å²) < 4.78 is 0. The van der Waals surface area contributed by atoms with E-state index < -0.39 is 23.6 Å². The molecule has 0 radical (unpaired) electrons. The third-order valence-corrected chi connectivity index (χ3v) is 4.03. The van der Waals surface area contributed by atoms with E-state index in [1.165, 1.54) is 6.08 Å². The Labute approximate surface area is 115 Å². The number of carbonyl (C=O) groups excluding carboxylic acids is 2. The number of amides is 1. The second-order valence-corrected chi connectivity index (χ2v) is 5.39. The quantitative estimate of drug-likeness (QED) is 0.641. The van der Waals surface area contributed by atoms with Gasteiger partial charge in [0, 0.05) is 19.5 Å². The lowest BCUT2D eigenvalue weighted by Gasteiger charge is -2.33. The molecule has 7 heteroatoms. The van der Waals surface area contributed by atoms with Crippen LogP contribution in [0.15, 0.2) is 17.3 Å². The topological polar surface area (TPSA) is 99.4 Å². The van der Waals surface area contributed by atoms with Gasteiger partial charge in [0.1, 0.15) is 17.9 Å². The van der Waals surface area contributed by atoms with Crippen molar-refractivity contribution in [2.75, 3.05) is 13.1 Å². The van der Waals surface area contributed by atoms with Crippen molar-refractivity contribution >= 4 is 17.4 Å². The van der Waals surface area contributed by atoms with Gasteiger partial charge in [-0.25, -0.2) is 0 Å². The van der Waals surface area contributed by atoms with Crippen molar-refractivity contribution in [2.45, 2.75) is 37.1 Å². The minimum Gasteiger partial charge on any atom is -0.385 e. The van der Waals surface area contributed by atoms with E-state index >= 15 is 0 Å². The summed E-state index contributed by atoms with van der Waals surface area (Å²) in [5.74, 6) is -0.780. The number of likely N-dealkylation sites (tertiary alicyclic amines) is 1. The van der Waals surface area contributed by atoms with Crippen LogP contribution in [0.4, 0.5) is 0 Å². The molecule has 1 spiro atoms. The summed E-state index contributed by atoms with van der Waals surface area (Å²) in [4.78, 5) is 30.4. The Morgan fingerprint density at radius 1 is 1.40 bits per heavy atom. The molecule has 2 aliphatic heterocycles. The molecule has 1 aliphatic carbocycles. The number of aliphatic hydroxyl groups is 2. The van der Waals surface area contributed by atoms with Gasteiger partial charge in [0.2, 0.25) is 0 Å². The Morgan fingerprint density at radius 3 is 2.80 bits per heavy atom. The van der Waals surface area contributed by atoms with Gasteiger partial charge in [-0.05, 0) is 25.0 Å². The summed E-state index contributed by atoms with van der Waals surface area (Å²) in [5, 5.41) is 23.4. The number of oxime groups is 1. The molecule has 0 aromatic heterocycles. The SMILES string of the molecule is O=C1C=CC2(CC(C(=O)N3CCCC3)=NO2)C(O)C1O. The zero-order chi connectivity index (χ0) is 14.3. The monoisotopic (exact) mass is 280 g/mol. The second-order valence-electron chi connectivity index (χ2n) is 5.39. The van der Waals surface area contributed by atoms with Gasteiger partial charge in [0.25, 0.3) is 5.91 Å². The standard InChI is InChI=1S/C13H16N2O5/c16-9-3-4-13(11(18)10(9)17)7-8(14-20-13)12(19)15-5-1-2-6-15/h3-4,10-11,17-18H,1-2,5-7H2. The smallest absolute Gasteiger partial charge is 0.271 e. The van der Waals surface area contributed by atoms with Crippen LogP contribution in [0, 0.1) is 0 Å². The van der Waals surface area contributed by atoms with Crippen molar-refractivity contribution in [1.82, 2.24) is 4.90 Å². The maximum Gasteiger partial charge on any atom is 0.271 e. The van der Waals surface area contributed by atoms with Crippen LogP contribution in [0.1, 0.15) is 19.3 Å². The molecule has 0 aromatic carbocycles. The number of hydrogen-bond acceptors (Lipinski definition) is 6. The molecule has 108 valence electrons. The van der Waals surface area contributed by atoms with E-state index in [1.807, 2.05) is 0 Å². The molecule has 20 heavy (non-hydrogen) atoms. The fraction of sp³-hybridized carbons (Fsp3) is 0.615. The first-order valence-electron chi connectivity index (χ1n) is 6.67. The Morgan fingerprint density at radius 2 is 2.10 bits per heavy atom. The fourth-order valence-electron chi connectivity index (χ4n) is 2.77. The van der Waals surface area contributed by atoms with Gasteiger partial charge in [-0.15, -0.1) is 0 Å². The summed E-state index contributed by atoms with van der Waals surface area (Å²) in [6, 6.07) is 0. The van der Waals surface area contributed by atoms with Crippen molar-refractivity contribution in [3.8, 4) is 0 Å². The van der Waals surface area contributed by atoms with Crippen LogP contribution >= 0.6 is 0 Å². The number of rotatable bonds is 1. The number of ketones is 1. The van der Waals surface area contributed by atoms with Crippen LogP contribution < -0.4 is 0 Å². The molecule has 3 rings (SSSR count). The predicted molar refractivity (Wildman–Crippen MR) is 67.8 cm³/mol. The highest BCUT2D eigenvalue weighted by Crippen LogP contribution is 2.34. The van der Waals surface area contributed by atoms with Gasteiger partial charge in [0.05, 0.1) is 0 Å². The normalized spacial score (nSPS) is 36.4. The van der Waals surface area contributed by atoms with E-state index in [9.17, 15) is 19.8 Å². The van der Waals surface area contributed by atoms with Crippen LogP contribution in [-0.4, -0.2) is 63.4 Å². The lowest BCUT2D eigenvalue weighted by molar-refractivity contribution is -0.149. The lowest BCUT2D eigenvalue weighted by atomic mass is 9.82. The van der Waals surface area contributed by atoms with Gasteiger partial charge in [-0.3, -0.25) is 9.59 Å². The summed E-state index contributed by atoms with van der Waals surface area (Å²) in [7, 11) is 0. The van der Waals surface area contributed by atoms with Crippen molar-refractivity contribution in [3.05, 3.63) is 12.2 Å². The van der Waals surface area contributed by atoms with Crippen LogP contribution in [0.25, 0.3) is 0 Å². The third kappa shape index (κ3) is 1.94. The molecular formula is C13H16N2O5. The zero-order valence-electron chi connectivity index (χ0n) is 10.9. The highest BCUT2D eigenvalue weighted by molar-refractivity contribution is 6.39. The highest BCUT2D eigenvalue weighted by atomic mass is 16.7. The molecule has 0 saturated carbocycles. The molecule has 2 N–H and O–H groups in total. The van der Waals surface area contributed by atoms with Crippen LogP contribution in [0.5, 0.6) is 0 Å². The van der Waals surface area contributed by atoms with Crippen molar-refractivity contribution in [3.63, 3.8) is 0 Å². The van der Waals surface area contributed by atoms with Crippen LogP contribution in [0.3, 0.4) is 0 Å². The van der Waals surface area contributed by atoms with E-state index in [0.29, 0.717) is 13.1 Å². The molecule has 0 bridgehead atoms. The van der Waals surface area contributed by atoms with E-state index in [1.54, 1.807) is 4.90 Å². The first kappa shape index (κ1) is 13.3. The maximum absolute atomic E-state index is 12.2. The number of hydrogen-bond donors (Lipinski definition) is 2. The summed E-state index contributed by atoms with van der Waals surface area (Å²) >= 11 is 0. The van der Waals surface area contributed by atoms with Gasteiger partial charge in [-0.2, -0.15) is 0 Å². The Hall–Kier alpha value is -1.73. The van der Waals surface area contributed by atoms with E-state index in [2.05, 4.69) is 5.16 Å². The van der Waals surface area contributed by atoms with Crippen molar-refractivity contribution in [1.29, 1.82) is 0 Å². The van der Waals surface area contributed by atoms with E-state index in [4.69, 9.17) is 4.84 Å². The minimum atomic E-state index is -1.54. The second kappa shape index (κ2) is 4.68. The van der Waals surface area contributed by atoms with Gasteiger partial charge < -0.3 is 20.0 Å². The lowest BCUT2D eigenvalue weighted by Crippen LogP contribution is -2.53. The van der Waals surface area contributed by atoms with Crippen LogP contribution in [0.2, 0.25) is 0 Å². The molecule has 1 fully saturated rings. The van der Waals surface area contributed by atoms with Gasteiger partial charge in [-0.1, -0.05) is 5.16 Å². The number of aliphatic hydroxyl groups excluding tert-OH is 2. The maximum atomic E-state index is 12.2. The Kier molecular flexibility index (Phi) is 3.10. The predicted octanol–water partition coefficient (Wildman–Crippen LogP) is -1.02. The van der Waals surface area contributed by atoms with Crippen molar-refractivity contribution < 1.29 is 24.6 Å². The first-order valence-corrected chi connectivity index (χ1v) is 6.67. The molecular weight excluding hydrogens is 264 g/mol. The summed E-state index contributed by atoms with van der Waals surface area (Å²) in [6.45, 7) is 1.40. The highest BCUT2D eigenvalue weighted by Gasteiger charge is 2.52. The average Bonchev–Trinajstić information content (AvgIpc) is 3.11. The molecule has 3 atom stereocenters. The summed E-state index contributed by atoms with van der Waals surface area (Å²) in [5.41, 5.74) is -1.09. The zero-order valence-corrected chi connectivity index (χ0v) is 10.9.